The molecule has 1 saturated heterocycles. The van der Waals surface area contributed by atoms with E-state index in [-0.39, 0.29) is 43.4 Å². The zero-order valence-electron chi connectivity index (χ0n) is 16.5. The van der Waals surface area contributed by atoms with Crippen molar-refractivity contribution in [2.75, 3.05) is 13.1 Å². The minimum Gasteiger partial charge on any atom is -0.489 e. The Morgan fingerprint density at radius 1 is 1.07 bits per heavy atom. The second-order valence-electron chi connectivity index (χ2n) is 8.19. The molecule has 158 valence electrons. The maximum atomic E-state index is 13.9. The standard InChI is InChI=1S/C23H24F3N3O/c24-18-5-3-16(4-6-18)17-11-20(29-10-9-23(25,26)22(28)14-29)21(12-17)30-19-7-1-15(13-27)2-8-19/h1-8,17,20-22H,9-12,14,28H2. The zero-order chi connectivity index (χ0) is 21.3. The molecule has 0 aromatic heterocycles. The van der Waals surface area contributed by atoms with E-state index in [0.29, 0.717) is 17.7 Å². The van der Waals surface area contributed by atoms with Gasteiger partial charge >= 0.3 is 0 Å². The summed E-state index contributed by atoms with van der Waals surface area (Å²) in [6, 6.07) is 14.1. The van der Waals surface area contributed by atoms with Crippen LogP contribution in [0, 0.1) is 17.1 Å². The first-order valence-corrected chi connectivity index (χ1v) is 10.2. The molecule has 30 heavy (non-hydrogen) atoms. The minimum absolute atomic E-state index is 0.0714. The van der Waals surface area contributed by atoms with Crippen molar-refractivity contribution in [3.8, 4) is 11.8 Å². The van der Waals surface area contributed by atoms with Crippen molar-refractivity contribution in [2.24, 2.45) is 5.73 Å². The largest absolute Gasteiger partial charge is 0.489 e. The minimum atomic E-state index is -2.85. The molecule has 4 nitrogen and oxygen atoms in total. The molecular weight excluding hydrogens is 391 g/mol. The van der Waals surface area contributed by atoms with E-state index in [1.54, 1.807) is 36.4 Å². The molecule has 2 aromatic rings. The third kappa shape index (κ3) is 4.30. The highest BCUT2D eigenvalue weighted by atomic mass is 19.3. The second kappa shape index (κ2) is 8.29. The first kappa shape index (κ1) is 20.7. The summed E-state index contributed by atoms with van der Waals surface area (Å²) >= 11 is 0. The van der Waals surface area contributed by atoms with Gasteiger partial charge in [0.25, 0.3) is 5.92 Å². The molecule has 1 saturated carbocycles. The van der Waals surface area contributed by atoms with Crippen molar-refractivity contribution < 1.29 is 17.9 Å². The summed E-state index contributed by atoms with van der Waals surface area (Å²) in [5.74, 6) is -2.37. The van der Waals surface area contributed by atoms with Crippen molar-refractivity contribution >= 4 is 0 Å². The van der Waals surface area contributed by atoms with Crippen molar-refractivity contribution in [3.63, 3.8) is 0 Å². The lowest BCUT2D eigenvalue weighted by Crippen LogP contribution is -2.59. The molecule has 0 spiro atoms. The highest BCUT2D eigenvalue weighted by Gasteiger charge is 2.47. The Balaban J connectivity index is 1.55. The quantitative estimate of drug-likeness (QED) is 0.818. The summed E-state index contributed by atoms with van der Waals surface area (Å²) in [6.07, 6.45) is 0.936. The van der Waals surface area contributed by atoms with Crippen molar-refractivity contribution in [2.45, 2.75) is 49.3 Å². The third-order valence-electron chi connectivity index (χ3n) is 6.26. The molecule has 4 rings (SSSR count). The van der Waals surface area contributed by atoms with Crippen molar-refractivity contribution in [1.29, 1.82) is 5.26 Å². The summed E-state index contributed by atoms with van der Waals surface area (Å²) in [6.45, 7) is 0.371. The Bertz CT molecular complexity index is 911. The number of likely N-dealkylation sites (tertiary alicyclic amines) is 1. The Hall–Kier alpha value is -2.56. The van der Waals surface area contributed by atoms with Crippen LogP contribution in [-0.2, 0) is 0 Å². The van der Waals surface area contributed by atoms with Crippen molar-refractivity contribution in [1.82, 2.24) is 4.90 Å². The van der Waals surface area contributed by atoms with Crippen LogP contribution in [0.2, 0.25) is 0 Å². The van der Waals surface area contributed by atoms with Crippen LogP contribution in [0.25, 0.3) is 0 Å². The molecule has 7 heteroatoms. The number of hydrogen-bond donors (Lipinski definition) is 1. The van der Waals surface area contributed by atoms with Gasteiger partial charge < -0.3 is 10.5 Å². The van der Waals surface area contributed by atoms with Crippen LogP contribution in [0.5, 0.6) is 5.75 Å². The zero-order valence-corrected chi connectivity index (χ0v) is 16.5. The molecule has 0 amide bonds. The number of ether oxygens (including phenoxy) is 1. The Labute approximate surface area is 174 Å². The molecule has 4 unspecified atom stereocenters. The van der Waals surface area contributed by atoms with Gasteiger partial charge in [-0.3, -0.25) is 4.90 Å². The van der Waals surface area contributed by atoms with Crippen LogP contribution < -0.4 is 10.5 Å². The average molecular weight is 415 g/mol. The summed E-state index contributed by atoms with van der Waals surface area (Å²) in [5, 5.41) is 8.98. The van der Waals surface area contributed by atoms with Crippen LogP contribution in [-0.4, -0.2) is 42.1 Å². The summed E-state index contributed by atoms with van der Waals surface area (Å²) in [4.78, 5) is 2.01. The van der Waals surface area contributed by atoms with E-state index in [1.807, 2.05) is 4.90 Å². The van der Waals surface area contributed by atoms with Gasteiger partial charge in [-0.1, -0.05) is 12.1 Å². The molecule has 1 heterocycles. The molecule has 4 atom stereocenters. The first-order valence-electron chi connectivity index (χ1n) is 10.2. The van der Waals surface area contributed by atoms with Gasteiger partial charge in [0.2, 0.25) is 0 Å². The van der Waals surface area contributed by atoms with Gasteiger partial charge in [-0.15, -0.1) is 0 Å². The normalized spacial score (nSPS) is 28.8. The first-order chi connectivity index (χ1) is 14.4. The number of nitrogens with two attached hydrogens (primary N) is 1. The molecule has 2 N–H and O–H groups in total. The number of nitriles is 1. The SMILES string of the molecule is N#Cc1ccc(OC2CC(c3ccc(F)cc3)CC2N2CCC(F)(F)C(N)C2)cc1. The van der Waals surface area contributed by atoms with Crippen LogP contribution in [0.4, 0.5) is 13.2 Å². The predicted molar refractivity (Wildman–Crippen MR) is 107 cm³/mol. The van der Waals surface area contributed by atoms with Crippen LogP contribution >= 0.6 is 0 Å². The van der Waals surface area contributed by atoms with E-state index < -0.39 is 12.0 Å². The fraction of sp³-hybridized carbons (Fsp3) is 0.435. The molecular formula is C23H24F3N3O. The van der Waals surface area contributed by atoms with Gasteiger partial charge in [-0.25, -0.2) is 13.2 Å². The molecule has 1 aliphatic carbocycles. The lowest BCUT2D eigenvalue weighted by atomic mass is 9.96. The fourth-order valence-electron chi connectivity index (χ4n) is 4.53. The molecule has 1 aliphatic heterocycles. The third-order valence-corrected chi connectivity index (χ3v) is 6.26. The number of hydrogen-bond acceptors (Lipinski definition) is 4. The predicted octanol–water partition coefficient (Wildman–Crippen LogP) is 4.06. The highest BCUT2D eigenvalue weighted by Crippen LogP contribution is 2.41. The van der Waals surface area contributed by atoms with Gasteiger partial charge in [0.1, 0.15) is 17.7 Å². The molecule has 0 bridgehead atoms. The number of piperidine rings is 1. The summed E-state index contributed by atoms with van der Waals surface area (Å²) in [5.41, 5.74) is 7.31. The smallest absolute Gasteiger partial charge is 0.265 e. The summed E-state index contributed by atoms with van der Waals surface area (Å²) < 4.78 is 47.4. The second-order valence-corrected chi connectivity index (χ2v) is 8.19. The van der Waals surface area contributed by atoms with Crippen LogP contribution in [0.1, 0.15) is 36.3 Å². The van der Waals surface area contributed by atoms with Gasteiger partial charge in [0, 0.05) is 25.6 Å². The van der Waals surface area contributed by atoms with E-state index >= 15 is 0 Å². The lowest BCUT2D eigenvalue weighted by Gasteiger charge is -2.41. The Kier molecular flexibility index (Phi) is 5.72. The topological polar surface area (TPSA) is 62.3 Å². The van der Waals surface area contributed by atoms with Gasteiger partial charge in [-0.05, 0) is 60.7 Å². The van der Waals surface area contributed by atoms with E-state index in [9.17, 15) is 13.2 Å². The highest BCUT2D eigenvalue weighted by molar-refractivity contribution is 5.35. The number of rotatable bonds is 4. The molecule has 2 fully saturated rings. The number of halogens is 3. The molecule has 0 radical (unpaired) electrons. The number of alkyl halides is 2. The Morgan fingerprint density at radius 3 is 2.40 bits per heavy atom. The number of benzene rings is 2. The number of nitrogens with zero attached hydrogens (tertiary/aromatic N) is 2. The van der Waals surface area contributed by atoms with Gasteiger partial charge in [0.15, 0.2) is 0 Å². The maximum Gasteiger partial charge on any atom is 0.265 e. The van der Waals surface area contributed by atoms with E-state index in [1.165, 1.54) is 12.1 Å². The maximum absolute atomic E-state index is 13.9. The summed E-state index contributed by atoms with van der Waals surface area (Å²) in [7, 11) is 0. The van der Waals surface area contributed by atoms with E-state index in [2.05, 4.69) is 6.07 Å². The van der Waals surface area contributed by atoms with Crippen LogP contribution in [0.15, 0.2) is 48.5 Å². The Morgan fingerprint density at radius 2 is 1.77 bits per heavy atom. The fourth-order valence-corrected chi connectivity index (χ4v) is 4.53. The van der Waals surface area contributed by atoms with Crippen LogP contribution in [0.3, 0.4) is 0 Å². The lowest BCUT2D eigenvalue weighted by molar-refractivity contribution is -0.0857. The average Bonchev–Trinajstić information content (AvgIpc) is 3.15. The molecule has 2 aliphatic rings. The van der Waals surface area contributed by atoms with E-state index in [4.69, 9.17) is 15.7 Å². The molecule has 2 aromatic carbocycles. The van der Waals surface area contributed by atoms with Gasteiger partial charge in [-0.2, -0.15) is 5.26 Å². The van der Waals surface area contributed by atoms with Gasteiger partial charge in [0.05, 0.1) is 17.7 Å². The van der Waals surface area contributed by atoms with E-state index in [0.717, 1.165) is 12.0 Å². The monoisotopic (exact) mass is 415 g/mol. The van der Waals surface area contributed by atoms with Crippen molar-refractivity contribution in [3.05, 3.63) is 65.5 Å².